The van der Waals surface area contributed by atoms with Gasteiger partial charge in [0.05, 0.1) is 23.7 Å². The van der Waals surface area contributed by atoms with Gasteiger partial charge < -0.3 is 5.32 Å². The second-order valence-electron chi connectivity index (χ2n) is 4.49. The molecular weight excluding hydrogens is 313 g/mol. The van der Waals surface area contributed by atoms with Crippen LogP contribution in [0.1, 0.15) is 25.3 Å². The van der Waals surface area contributed by atoms with Gasteiger partial charge in [-0.1, -0.05) is 12.1 Å². The minimum Gasteiger partial charge on any atom is -0.325 e. The molecule has 1 aromatic rings. The molecular formula is C14H13F3N4O2. The van der Waals surface area contributed by atoms with Crippen molar-refractivity contribution in [2.24, 2.45) is 5.10 Å². The Hall–Kier alpha value is -2.89. The van der Waals surface area contributed by atoms with E-state index in [4.69, 9.17) is 5.26 Å². The molecule has 0 spiro atoms. The number of rotatable bonds is 5. The van der Waals surface area contributed by atoms with E-state index in [1.807, 2.05) is 0 Å². The van der Waals surface area contributed by atoms with Crippen LogP contribution in [-0.2, 0) is 15.8 Å². The van der Waals surface area contributed by atoms with E-state index in [1.165, 1.54) is 19.1 Å². The molecule has 0 saturated carbocycles. The second kappa shape index (κ2) is 7.93. The Morgan fingerprint density at radius 2 is 1.91 bits per heavy atom. The molecule has 0 saturated heterocycles. The van der Waals surface area contributed by atoms with Crippen LogP contribution in [0.2, 0.25) is 0 Å². The lowest BCUT2D eigenvalue weighted by atomic mass is 10.1. The lowest BCUT2D eigenvalue weighted by Gasteiger charge is -2.13. The maximum absolute atomic E-state index is 12.8. The van der Waals surface area contributed by atoms with E-state index in [-0.39, 0.29) is 24.2 Å². The van der Waals surface area contributed by atoms with Gasteiger partial charge >= 0.3 is 6.18 Å². The lowest BCUT2D eigenvalue weighted by Crippen LogP contribution is -2.21. The molecule has 0 aromatic heterocycles. The number of halogens is 3. The van der Waals surface area contributed by atoms with Gasteiger partial charge in [-0.3, -0.25) is 9.59 Å². The van der Waals surface area contributed by atoms with E-state index in [0.29, 0.717) is 0 Å². The summed E-state index contributed by atoms with van der Waals surface area (Å²) in [5, 5.41) is 14.0. The first-order valence-electron chi connectivity index (χ1n) is 6.39. The molecule has 0 bridgehead atoms. The SMILES string of the molecule is C/C(CC(=O)Nc1ccccc1C(F)(F)F)=N/NC(=O)CC#N. The van der Waals surface area contributed by atoms with Gasteiger partial charge in [0.1, 0.15) is 6.42 Å². The molecule has 1 rings (SSSR count). The summed E-state index contributed by atoms with van der Waals surface area (Å²) in [5.41, 5.74) is 0.925. The summed E-state index contributed by atoms with van der Waals surface area (Å²) in [6.07, 6.45) is -5.28. The van der Waals surface area contributed by atoms with Crippen LogP contribution in [0.5, 0.6) is 0 Å². The summed E-state index contributed by atoms with van der Waals surface area (Å²) < 4.78 is 38.4. The highest BCUT2D eigenvalue weighted by atomic mass is 19.4. The molecule has 0 aliphatic heterocycles. The first-order valence-corrected chi connectivity index (χ1v) is 6.39. The molecule has 23 heavy (non-hydrogen) atoms. The Morgan fingerprint density at radius 1 is 1.26 bits per heavy atom. The Kier molecular flexibility index (Phi) is 6.26. The predicted octanol–water partition coefficient (Wildman–Crippen LogP) is 2.44. The van der Waals surface area contributed by atoms with Crippen molar-refractivity contribution in [1.82, 2.24) is 5.43 Å². The van der Waals surface area contributed by atoms with Gasteiger partial charge in [-0.05, 0) is 19.1 Å². The standard InChI is InChI=1S/C14H13F3N4O2/c1-9(20-21-12(22)6-7-18)8-13(23)19-11-5-3-2-4-10(11)14(15,16)17/h2-5H,6,8H2,1H3,(H,19,23)(H,21,22)/b20-9-. The molecule has 0 aliphatic carbocycles. The summed E-state index contributed by atoms with van der Waals surface area (Å²) in [7, 11) is 0. The van der Waals surface area contributed by atoms with Crippen LogP contribution >= 0.6 is 0 Å². The molecule has 9 heteroatoms. The van der Waals surface area contributed by atoms with Crippen LogP contribution in [0.4, 0.5) is 18.9 Å². The van der Waals surface area contributed by atoms with Crippen molar-refractivity contribution in [2.45, 2.75) is 25.9 Å². The summed E-state index contributed by atoms with van der Waals surface area (Å²) in [4.78, 5) is 22.8. The van der Waals surface area contributed by atoms with E-state index in [1.54, 1.807) is 6.07 Å². The molecule has 0 unspecified atom stereocenters. The normalized spacial score (nSPS) is 11.5. The first kappa shape index (κ1) is 18.2. The lowest BCUT2D eigenvalue weighted by molar-refractivity contribution is -0.137. The fourth-order valence-electron chi connectivity index (χ4n) is 1.57. The van der Waals surface area contributed by atoms with E-state index in [2.05, 4.69) is 15.8 Å². The number of nitriles is 1. The van der Waals surface area contributed by atoms with E-state index < -0.39 is 23.6 Å². The molecule has 2 N–H and O–H groups in total. The minimum atomic E-state index is -4.59. The number of hydrogen-bond acceptors (Lipinski definition) is 4. The highest BCUT2D eigenvalue weighted by Crippen LogP contribution is 2.34. The van der Waals surface area contributed by atoms with Crippen molar-refractivity contribution >= 4 is 23.2 Å². The predicted molar refractivity (Wildman–Crippen MR) is 76.2 cm³/mol. The molecule has 0 radical (unpaired) electrons. The van der Waals surface area contributed by atoms with Crippen molar-refractivity contribution in [3.63, 3.8) is 0 Å². The molecule has 1 aromatic carbocycles. The zero-order valence-electron chi connectivity index (χ0n) is 12.1. The van der Waals surface area contributed by atoms with Crippen LogP contribution < -0.4 is 10.7 Å². The Labute approximate surface area is 130 Å². The molecule has 0 fully saturated rings. The number of benzene rings is 1. The fourth-order valence-corrected chi connectivity index (χ4v) is 1.57. The average molecular weight is 326 g/mol. The van der Waals surface area contributed by atoms with Gasteiger partial charge in [-0.25, -0.2) is 5.43 Å². The number of alkyl halides is 3. The highest BCUT2D eigenvalue weighted by Gasteiger charge is 2.33. The van der Waals surface area contributed by atoms with Crippen molar-refractivity contribution in [1.29, 1.82) is 5.26 Å². The van der Waals surface area contributed by atoms with Crippen LogP contribution in [-0.4, -0.2) is 17.5 Å². The number of nitrogens with one attached hydrogen (secondary N) is 2. The van der Waals surface area contributed by atoms with Crippen LogP contribution in [0, 0.1) is 11.3 Å². The van der Waals surface area contributed by atoms with E-state index >= 15 is 0 Å². The Bertz CT molecular complexity index is 663. The molecule has 0 heterocycles. The zero-order chi connectivity index (χ0) is 17.5. The van der Waals surface area contributed by atoms with Crippen molar-refractivity contribution < 1.29 is 22.8 Å². The maximum Gasteiger partial charge on any atom is 0.418 e. The second-order valence-corrected chi connectivity index (χ2v) is 4.49. The Balaban J connectivity index is 2.70. The molecule has 6 nitrogen and oxygen atoms in total. The fraction of sp³-hybridized carbons (Fsp3) is 0.286. The van der Waals surface area contributed by atoms with Crippen LogP contribution in [0.3, 0.4) is 0 Å². The van der Waals surface area contributed by atoms with Gasteiger partial charge in [0.15, 0.2) is 0 Å². The van der Waals surface area contributed by atoms with Crippen LogP contribution in [0.15, 0.2) is 29.4 Å². The third kappa shape index (κ3) is 6.17. The molecule has 122 valence electrons. The van der Waals surface area contributed by atoms with Crippen molar-refractivity contribution in [3.8, 4) is 6.07 Å². The van der Waals surface area contributed by atoms with Crippen molar-refractivity contribution in [2.75, 3.05) is 5.32 Å². The monoisotopic (exact) mass is 326 g/mol. The summed E-state index contributed by atoms with van der Waals surface area (Å²) in [6.45, 7) is 1.42. The van der Waals surface area contributed by atoms with Gasteiger partial charge in [0, 0.05) is 5.71 Å². The zero-order valence-corrected chi connectivity index (χ0v) is 12.1. The van der Waals surface area contributed by atoms with Gasteiger partial charge in [0.25, 0.3) is 5.91 Å². The number of carbonyl (C=O) groups is 2. The third-order valence-electron chi connectivity index (χ3n) is 2.53. The highest BCUT2D eigenvalue weighted by molar-refractivity contribution is 6.06. The molecule has 0 aliphatic rings. The van der Waals surface area contributed by atoms with Crippen molar-refractivity contribution in [3.05, 3.63) is 29.8 Å². The summed E-state index contributed by atoms with van der Waals surface area (Å²) in [6, 6.07) is 6.21. The van der Waals surface area contributed by atoms with Crippen LogP contribution in [0.25, 0.3) is 0 Å². The van der Waals surface area contributed by atoms with E-state index in [9.17, 15) is 22.8 Å². The quantitative estimate of drug-likeness (QED) is 0.643. The summed E-state index contributed by atoms with van der Waals surface area (Å²) in [5.74, 6) is -1.35. The van der Waals surface area contributed by atoms with E-state index in [0.717, 1.165) is 12.1 Å². The number of hydrogen-bond donors (Lipinski definition) is 2. The number of hydrazone groups is 1. The number of nitrogens with zero attached hydrogens (tertiary/aromatic N) is 2. The first-order chi connectivity index (χ1) is 10.7. The number of amides is 2. The molecule has 0 atom stereocenters. The molecule has 2 amide bonds. The number of carbonyl (C=O) groups excluding carboxylic acids is 2. The largest absolute Gasteiger partial charge is 0.418 e. The Morgan fingerprint density at radius 3 is 2.52 bits per heavy atom. The number of para-hydroxylation sites is 1. The van der Waals surface area contributed by atoms with Gasteiger partial charge in [0.2, 0.25) is 5.91 Å². The summed E-state index contributed by atoms with van der Waals surface area (Å²) >= 11 is 0. The topological polar surface area (TPSA) is 94.3 Å². The maximum atomic E-state index is 12.8. The minimum absolute atomic E-state index is 0.179. The number of anilines is 1. The van der Waals surface area contributed by atoms with Gasteiger partial charge in [-0.15, -0.1) is 0 Å². The van der Waals surface area contributed by atoms with Gasteiger partial charge in [-0.2, -0.15) is 23.5 Å². The smallest absolute Gasteiger partial charge is 0.325 e. The third-order valence-corrected chi connectivity index (χ3v) is 2.53. The average Bonchev–Trinajstić information content (AvgIpc) is 2.44.